The summed E-state index contributed by atoms with van der Waals surface area (Å²) in [6, 6.07) is 19.1. The van der Waals surface area contributed by atoms with Gasteiger partial charge in [0.2, 0.25) is 6.41 Å². The number of H-pyrrole nitrogens is 1. The maximum Gasteiger partial charge on any atom is 0.218 e. The van der Waals surface area contributed by atoms with E-state index in [9.17, 15) is 9.18 Å². The third-order valence-electron chi connectivity index (χ3n) is 4.60. The number of carbonyl (C=O) groups is 1. The van der Waals surface area contributed by atoms with E-state index in [1.807, 2.05) is 49.4 Å². The average molecular weight is 475 g/mol. The van der Waals surface area contributed by atoms with Crippen LogP contribution in [0, 0.1) is 5.82 Å². The van der Waals surface area contributed by atoms with Gasteiger partial charge in [0.05, 0.1) is 17.4 Å². The van der Waals surface area contributed by atoms with Crippen LogP contribution < -0.4 is 4.90 Å². The lowest BCUT2D eigenvalue weighted by Crippen LogP contribution is -2.13. The summed E-state index contributed by atoms with van der Waals surface area (Å²) in [6.45, 7) is 2.38. The molecular formula is C23H21Cl2FN4O2. The predicted molar refractivity (Wildman–Crippen MR) is 130 cm³/mol. The molecule has 0 saturated heterocycles. The number of nitrogens with zero attached hydrogens (tertiary/aromatic N) is 3. The molecular weight excluding hydrogens is 454 g/mol. The summed E-state index contributed by atoms with van der Waals surface area (Å²) in [6.07, 6.45) is 2.36. The predicted octanol–water partition coefficient (Wildman–Crippen LogP) is 5.88. The number of benzene rings is 3. The van der Waals surface area contributed by atoms with Gasteiger partial charge in [-0.05, 0) is 61.0 Å². The van der Waals surface area contributed by atoms with Gasteiger partial charge in [-0.2, -0.15) is 5.10 Å². The highest BCUT2D eigenvalue weighted by atomic mass is 35.5. The minimum Gasteiger partial charge on any atom is -0.396 e. The second kappa shape index (κ2) is 11.3. The van der Waals surface area contributed by atoms with Crippen LogP contribution in [0.5, 0.6) is 0 Å². The van der Waals surface area contributed by atoms with Gasteiger partial charge in [0, 0.05) is 22.3 Å². The molecule has 0 saturated carbocycles. The van der Waals surface area contributed by atoms with Crippen molar-refractivity contribution in [2.45, 2.75) is 6.92 Å². The molecule has 4 rings (SSSR count). The highest BCUT2D eigenvalue weighted by Crippen LogP contribution is 2.31. The van der Waals surface area contributed by atoms with Crippen molar-refractivity contribution >= 4 is 59.7 Å². The molecule has 4 aromatic rings. The Morgan fingerprint density at radius 2 is 1.84 bits per heavy atom. The van der Waals surface area contributed by atoms with Crippen molar-refractivity contribution in [2.75, 3.05) is 11.5 Å². The molecule has 0 fully saturated rings. The lowest BCUT2D eigenvalue weighted by Gasteiger charge is -2.18. The molecule has 0 aliphatic heterocycles. The number of rotatable bonds is 7. The van der Waals surface area contributed by atoms with E-state index in [-0.39, 0.29) is 30.6 Å². The quantitative estimate of drug-likeness (QED) is 0.206. The zero-order valence-electron chi connectivity index (χ0n) is 17.1. The first-order valence-corrected chi connectivity index (χ1v) is 9.43. The average Bonchev–Trinajstić information content (AvgIpc) is 3.19. The zero-order chi connectivity index (χ0) is 20.9. The summed E-state index contributed by atoms with van der Waals surface area (Å²) in [7, 11) is 0. The number of amides is 1. The van der Waals surface area contributed by atoms with Crippen LogP contribution in [0.4, 0.5) is 15.8 Å². The third-order valence-corrected chi connectivity index (χ3v) is 4.60. The zero-order valence-corrected chi connectivity index (χ0v) is 18.7. The van der Waals surface area contributed by atoms with E-state index in [1.165, 1.54) is 17.0 Å². The summed E-state index contributed by atoms with van der Waals surface area (Å²) in [5, 5.41) is 12.3. The number of carbonyl (C=O) groups excluding carboxylic acids is 1. The summed E-state index contributed by atoms with van der Waals surface area (Å²) in [5.41, 5.74) is 4.59. The van der Waals surface area contributed by atoms with E-state index in [4.69, 9.17) is 4.84 Å². The van der Waals surface area contributed by atoms with Crippen molar-refractivity contribution in [3.05, 3.63) is 78.1 Å². The number of aromatic nitrogens is 2. The largest absolute Gasteiger partial charge is 0.396 e. The molecule has 1 aromatic heterocycles. The van der Waals surface area contributed by atoms with E-state index in [1.54, 1.807) is 18.3 Å². The molecule has 0 bridgehead atoms. The van der Waals surface area contributed by atoms with Crippen LogP contribution in [0.15, 0.2) is 71.9 Å². The number of aromatic amines is 1. The molecule has 0 aliphatic rings. The Labute approximate surface area is 196 Å². The first kappa shape index (κ1) is 24.8. The van der Waals surface area contributed by atoms with Gasteiger partial charge in [-0.3, -0.25) is 14.8 Å². The van der Waals surface area contributed by atoms with Crippen molar-refractivity contribution in [2.24, 2.45) is 5.16 Å². The third kappa shape index (κ3) is 5.25. The summed E-state index contributed by atoms with van der Waals surface area (Å²) >= 11 is 0. The Hall–Kier alpha value is -3.42. The first-order valence-electron chi connectivity index (χ1n) is 9.43. The number of hydrogen-bond donors (Lipinski definition) is 1. The van der Waals surface area contributed by atoms with Crippen LogP contribution in [0.3, 0.4) is 0 Å². The lowest BCUT2D eigenvalue weighted by molar-refractivity contribution is -0.106. The molecule has 0 radical (unpaired) electrons. The fourth-order valence-corrected chi connectivity index (χ4v) is 3.18. The van der Waals surface area contributed by atoms with Crippen LogP contribution >= 0.6 is 24.8 Å². The maximum absolute atomic E-state index is 13.2. The highest BCUT2D eigenvalue weighted by molar-refractivity contribution is 5.98. The van der Waals surface area contributed by atoms with E-state index < -0.39 is 0 Å². The van der Waals surface area contributed by atoms with Crippen molar-refractivity contribution in [3.63, 3.8) is 0 Å². The smallest absolute Gasteiger partial charge is 0.218 e. The summed E-state index contributed by atoms with van der Waals surface area (Å²) < 4.78 is 13.2. The molecule has 3 aromatic carbocycles. The molecule has 166 valence electrons. The molecule has 1 amide bonds. The molecule has 0 unspecified atom stereocenters. The van der Waals surface area contributed by atoms with E-state index in [0.29, 0.717) is 24.4 Å². The summed E-state index contributed by atoms with van der Waals surface area (Å²) in [4.78, 5) is 18.2. The molecule has 32 heavy (non-hydrogen) atoms. The SMILES string of the molecule is CCON=Cc1ccc2[nH]nc(-c3cccc(N(C=O)c4ccc(F)cc4)c3)c2c1.Cl.Cl. The summed E-state index contributed by atoms with van der Waals surface area (Å²) in [5.74, 6) is -0.356. The highest BCUT2D eigenvalue weighted by Gasteiger charge is 2.13. The molecule has 0 aliphatic carbocycles. The van der Waals surface area contributed by atoms with Gasteiger partial charge in [0.25, 0.3) is 0 Å². The Kier molecular flexibility index (Phi) is 8.75. The molecule has 1 N–H and O–H groups in total. The second-order valence-corrected chi connectivity index (χ2v) is 6.53. The van der Waals surface area contributed by atoms with Gasteiger partial charge in [0.15, 0.2) is 0 Å². The molecule has 0 spiro atoms. The Morgan fingerprint density at radius 3 is 2.56 bits per heavy atom. The monoisotopic (exact) mass is 474 g/mol. The molecule has 9 heteroatoms. The van der Waals surface area contributed by atoms with Crippen molar-refractivity contribution < 1.29 is 14.0 Å². The van der Waals surface area contributed by atoms with E-state index >= 15 is 0 Å². The van der Waals surface area contributed by atoms with E-state index in [2.05, 4.69) is 15.4 Å². The molecule has 6 nitrogen and oxygen atoms in total. The number of anilines is 2. The van der Waals surface area contributed by atoms with Gasteiger partial charge in [-0.25, -0.2) is 4.39 Å². The van der Waals surface area contributed by atoms with Crippen LogP contribution in [-0.2, 0) is 9.63 Å². The van der Waals surface area contributed by atoms with Gasteiger partial charge in [-0.15, -0.1) is 24.8 Å². The number of halogens is 3. The Balaban J connectivity index is 0.00000181. The minimum absolute atomic E-state index is 0. The second-order valence-electron chi connectivity index (χ2n) is 6.53. The van der Waals surface area contributed by atoms with Gasteiger partial charge >= 0.3 is 0 Å². The normalized spacial score (nSPS) is 10.4. The topological polar surface area (TPSA) is 70.6 Å². The number of oxime groups is 1. The molecule has 0 atom stereocenters. The van der Waals surface area contributed by atoms with Crippen LogP contribution in [0.25, 0.3) is 22.2 Å². The van der Waals surface area contributed by atoms with Gasteiger partial charge < -0.3 is 4.84 Å². The first-order chi connectivity index (χ1) is 14.7. The Morgan fingerprint density at radius 1 is 1.06 bits per heavy atom. The lowest BCUT2D eigenvalue weighted by atomic mass is 10.0. The van der Waals surface area contributed by atoms with Crippen molar-refractivity contribution in [1.29, 1.82) is 0 Å². The fraction of sp³-hybridized carbons (Fsp3) is 0.0870. The van der Waals surface area contributed by atoms with Gasteiger partial charge in [0.1, 0.15) is 12.4 Å². The Bertz CT molecular complexity index is 1210. The van der Waals surface area contributed by atoms with Gasteiger partial charge in [-0.1, -0.05) is 23.4 Å². The number of nitrogens with one attached hydrogen (secondary N) is 1. The minimum atomic E-state index is -0.356. The maximum atomic E-state index is 13.2. The van der Waals surface area contributed by atoms with Crippen molar-refractivity contribution in [1.82, 2.24) is 10.2 Å². The van der Waals surface area contributed by atoms with Crippen molar-refractivity contribution in [3.8, 4) is 11.3 Å². The van der Waals surface area contributed by atoms with Crippen LogP contribution in [0.2, 0.25) is 0 Å². The van der Waals surface area contributed by atoms with Crippen LogP contribution in [-0.4, -0.2) is 29.4 Å². The van der Waals surface area contributed by atoms with Crippen LogP contribution in [0.1, 0.15) is 12.5 Å². The standard InChI is InChI=1S/C23H19FN4O2.2ClH/c1-2-30-25-14-16-6-11-22-21(12-16)23(27-26-22)17-4-3-5-20(13-17)28(15-29)19-9-7-18(24)8-10-19;;/h3-15H,2H2,1H3,(H,26,27);2*1H. The van der Waals surface area contributed by atoms with E-state index in [0.717, 1.165) is 27.7 Å². The number of hydrogen-bond acceptors (Lipinski definition) is 4. The molecule has 1 heterocycles. The number of fused-ring (bicyclic) bond motifs is 1. The fourth-order valence-electron chi connectivity index (χ4n) is 3.18.